The van der Waals surface area contributed by atoms with E-state index < -0.39 is 6.61 Å². The zero-order chi connectivity index (χ0) is 15.4. The van der Waals surface area contributed by atoms with Gasteiger partial charge in [0.25, 0.3) is 0 Å². The first-order valence-corrected chi connectivity index (χ1v) is 7.15. The van der Waals surface area contributed by atoms with Gasteiger partial charge in [0.15, 0.2) is 0 Å². The molecular weight excluding hydrogens is 366 g/mol. The van der Waals surface area contributed by atoms with Gasteiger partial charge in [0.1, 0.15) is 5.75 Å². The molecule has 3 N–H and O–H groups in total. The molecule has 0 unspecified atom stereocenters. The molecule has 0 atom stereocenters. The molecule has 7 heteroatoms. The molecule has 2 rings (SSSR count). The molecule has 0 bridgehead atoms. The molecule has 0 radical (unpaired) electrons. The number of hydrogen-bond acceptors (Lipinski definition) is 3. The number of ether oxygens (including phenoxy) is 1. The highest BCUT2D eigenvalue weighted by Crippen LogP contribution is 2.30. The Morgan fingerprint density at radius 3 is 2.76 bits per heavy atom. The van der Waals surface area contributed by atoms with Crippen molar-refractivity contribution in [1.82, 2.24) is 0 Å². The van der Waals surface area contributed by atoms with Crippen LogP contribution in [0.4, 0.5) is 20.2 Å². The Hall–Kier alpha value is -1.53. The lowest BCUT2D eigenvalue weighted by Gasteiger charge is -2.15. The molecule has 21 heavy (non-hydrogen) atoms. The molecule has 0 saturated carbocycles. The van der Waals surface area contributed by atoms with Gasteiger partial charge in [-0.05, 0) is 30.3 Å². The van der Waals surface area contributed by atoms with Crippen LogP contribution in [0.3, 0.4) is 0 Å². The van der Waals surface area contributed by atoms with Gasteiger partial charge in [0.05, 0.1) is 11.4 Å². The van der Waals surface area contributed by atoms with Crippen LogP contribution >= 0.6 is 27.5 Å². The lowest BCUT2D eigenvalue weighted by atomic mass is 10.2. The fourth-order valence-electron chi connectivity index (χ4n) is 1.78. The van der Waals surface area contributed by atoms with E-state index in [1.54, 1.807) is 30.3 Å². The first kappa shape index (κ1) is 15.9. The molecule has 0 heterocycles. The predicted molar refractivity (Wildman–Crippen MR) is 84.0 cm³/mol. The Morgan fingerprint density at radius 1 is 1.29 bits per heavy atom. The summed E-state index contributed by atoms with van der Waals surface area (Å²) in [6.45, 7) is -2.69. The summed E-state index contributed by atoms with van der Waals surface area (Å²) >= 11 is 9.38. The summed E-state index contributed by atoms with van der Waals surface area (Å²) in [5.74, 6) is 0.0403. The second-order valence-electron chi connectivity index (χ2n) is 4.18. The number of alkyl halides is 2. The largest absolute Gasteiger partial charge is 0.434 e. The average molecular weight is 378 g/mol. The van der Waals surface area contributed by atoms with E-state index >= 15 is 0 Å². The van der Waals surface area contributed by atoms with Crippen molar-refractivity contribution in [3.63, 3.8) is 0 Å². The third-order valence-corrected chi connectivity index (χ3v) is 3.61. The third-order valence-electron chi connectivity index (χ3n) is 2.76. The van der Waals surface area contributed by atoms with E-state index in [0.29, 0.717) is 22.0 Å². The number of benzene rings is 2. The molecule has 0 aliphatic carbocycles. The van der Waals surface area contributed by atoms with Gasteiger partial charge in [-0.3, -0.25) is 0 Å². The fraction of sp³-hybridized carbons (Fsp3) is 0.143. The van der Waals surface area contributed by atoms with Crippen LogP contribution in [0.5, 0.6) is 5.75 Å². The maximum Gasteiger partial charge on any atom is 0.387 e. The van der Waals surface area contributed by atoms with Gasteiger partial charge in [0, 0.05) is 21.6 Å². The standard InChI is InChI=1S/C14H12BrClF2N2O/c15-8-4-5-11(19)12(6-8)20-7-9-10(16)2-1-3-13(9)21-14(17)18/h1-6,14,20H,7,19H2. The highest BCUT2D eigenvalue weighted by Gasteiger charge is 2.13. The topological polar surface area (TPSA) is 47.3 Å². The second kappa shape index (κ2) is 6.95. The maximum absolute atomic E-state index is 12.4. The summed E-state index contributed by atoms with van der Waals surface area (Å²) in [7, 11) is 0. The van der Waals surface area contributed by atoms with Crippen LogP contribution in [0.15, 0.2) is 40.9 Å². The molecular formula is C14H12BrClF2N2O. The normalized spacial score (nSPS) is 10.7. The summed E-state index contributed by atoms with van der Waals surface area (Å²) in [4.78, 5) is 0. The van der Waals surface area contributed by atoms with E-state index in [1.807, 2.05) is 0 Å². The molecule has 2 aromatic carbocycles. The quantitative estimate of drug-likeness (QED) is 0.729. The van der Waals surface area contributed by atoms with Gasteiger partial charge >= 0.3 is 6.61 Å². The number of hydrogen-bond donors (Lipinski definition) is 2. The molecule has 0 saturated heterocycles. The van der Waals surface area contributed by atoms with Crippen molar-refractivity contribution >= 4 is 38.9 Å². The van der Waals surface area contributed by atoms with Gasteiger partial charge in [0.2, 0.25) is 0 Å². The summed E-state index contributed by atoms with van der Waals surface area (Å²) < 4.78 is 30.1. The van der Waals surface area contributed by atoms with E-state index in [0.717, 1.165) is 4.47 Å². The Balaban J connectivity index is 2.21. The first-order valence-electron chi connectivity index (χ1n) is 5.98. The van der Waals surface area contributed by atoms with Crippen molar-refractivity contribution in [2.45, 2.75) is 13.2 Å². The monoisotopic (exact) mass is 376 g/mol. The minimum atomic E-state index is -2.90. The van der Waals surface area contributed by atoms with E-state index in [2.05, 4.69) is 26.0 Å². The van der Waals surface area contributed by atoms with Crippen molar-refractivity contribution in [1.29, 1.82) is 0 Å². The zero-order valence-electron chi connectivity index (χ0n) is 10.7. The highest BCUT2D eigenvalue weighted by atomic mass is 79.9. The average Bonchev–Trinajstić information content (AvgIpc) is 2.41. The Kier molecular flexibility index (Phi) is 5.25. The van der Waals surface area contributed by atoms with Crippen LogP contribution in [0.1, 0.15) is 5.56 Å². The number of nitrogens with two attached hydrogens (primary N) is 1. The van der Waals surface area contributed by atoms with Crippen LogP contribution in [0.25, 0.3) is 0 Å². The van der Waals surface area contributed by atoms with Gasteiger partial charge in [-0.15, -0.1) is 0 Å². The van der Waals surface area contributed by atoms with E-state index in [4.69, 9.17) is 17.3 Å². The lowest BCUT2D eigenvalue weighted by Crippen LogP contribution is -2.08. The Labute approximate surface area is 134 Å². The van der Waals surface area contributed by atoms with Crippen molar-refractivity contribution in [2.24, 2.45) is 0 Å². The molecule has 0 amide bonds. The number of nitrogens with one attached hydrogen (secondary N) is 1. The van der Waals surface area contributed by atoms with Crippen molar-refractivity contribution in [3.8, 4) is 5.75 Å². The Morgan fingerprint density at radius 2 is 2.05 bits per heavy atom. The summed E-state index contributed by atoms with van der Waals surface area (Å²) in [5.41, 5.74) is 7.50. The zero-order valence-corrected chi connectivity index (χ0v) is 13.1. The summed E-state index contributed by atoms with van der Waals surface area (Å²) in [5, 5.41) is 3.40. The number of nitrogen functional groups attached to an aromatic ring is 1. The first-order chi connectivity index (χ1) is 9.97. The van der Waals surface area contributed by atoms with E-state index in [9.17, 15) is 8.78 Å². The SMILES string of the molecule is Nc1ccc(Br)cc1NCc1c(Cl)cccc1OC(F)F. The van der Waals surface area contributed by atoms with Crippen LogP contribution in [0, 0.1) is 0 Å². The van der Waals surface area contributed by atoms with Crippen LogP contribution in [-0.2, 0) is 6.54 Å². The molecule has 0 fully saturated rings. The van der Waals surface area contributed by atoms with Crippen molar-refractivity contribution in [2.75, 3.05) is 11.1 Å². The maximum atomic E-state index is 12.4. The molecule has 112 valence electrons. The fourth-order valence-corrected chi connectivity index (χ4v) is 2.38. The van der Waals surface area contributed by atoms with Gasteiger partial charge < -0.3 is 15.8 Å². The number of halogens is 4. The number of anilines is 2. The minimum absolute atomic E-state index is 0.0403. The second-order valence-corrected chi connectivity index (χ2v) is 5.50. The van der Waals surface area contributed by atoms with Crippen LogP contribution < -0.4 is 15.8 Å². The molecule has 0 aliphatic heterocycles. The molecule has 0 aromatic heterocycles. The summed E-state index contributed by atoms with van der Waals surface area (Å²) in [6, 6.07) is 9.94. The highest BCUT2D eigenvalue weighted by molar-refractivity contribution is 9.10. The minimum Gasteiger partial charge on any atom is -0.434 e. The summed E-state index contributed by atoms with van der Waals surface area (Å²) in [6.07, 6.45) is 0. The third kappa shape index (κ3) is 4.22. The molecule has 0 aliphatic rings. The van der Waals surface area contributed by atoms with Crippen molar-refractivity contribution in [3.05, 3.63) is 51.5 Å². The smallest absolute Gasteiger partial charge is 0.387 e. The van der Waals surface area contributed by atoms with Crippen LogP contribution in [-0.4, -0.2) is 6.61 Å². The molecule has 2 aromatic rings. The molecule has 0 spiro atoms. The predicted octanol–water partition coefficient (Wildman–Crippen LogP) is 4.90. The lowest BCUT2D eigenvalue weighted by molar-refractivity contribution is -0.0503. The van der Waals surface area contributed by atoms with Gasteiger partial charge in [-0.1, -0.05) is 33.6 Å². The van der Waals surface area contributed by atoms with Gasteiger partial charge in [-0.25, -0.2) is 0 Å². The van der Waals surface area contributed by atoms with E-state index in [-0.39, 0.29) is 12.3 Å². The van der Waals surface area contributed by atoms with E-state index in [1.165, 1.54) is 6.07 Å². The Bertz CT molecular complexity index is 640. The molecule has 3 nitrogen and oxygen atoms in total. The van der Waals surface area contributed by atoms with Gasteiger partial charge in [-0.2, -0.15) is 8.78 Å². The van der Waals surface area contributed by atoms with Crippen LogP contribution in [0.2, 0.25) is 5.02 Å². The number of rotatable bonds is 5. The van der Waals surface area contributed by atoms with Crippen molar-refractivity contribution < 1.29 is 13.5 Å².